The van der Waals surface area contributed by atoms with Crippen LogP contribution < -0.4 is 10.1 Å². The highest BCUT2D eigenvalue weighted by molar-refractivity contribution is 5.90. The third-order valence-corrected chi connectivity index (χ3v) is 4.24. The lowest BCUT2D eigenvalue weighted by atomic mass is 10.0. The summed E-state index contributed by atoms with van der Waals surface area (Å²) in [6.45, 7) is 3.54. The van der Waals surface area contributed by atoms with Crippen LogP contribution in [0.15, 0.2) is 54.6 Å². The minimum absolute atomic E-state index is 0.0483. The molecule has 130 valence electrons. The van der Waals surface area contributed by atoms with Gasteiger partial charge in [0, 0.05) is 13.1 Å². The van der Waals surface area contributed by atoms with E-state index in [-0.39, 0.29) is 18.2 Å². The summed E-state index contributed by atoms with van der Waals surface area (Å²) < 4.78 is 5.42. The highest BCUT2D eigenvalue weighted by Gasteiger charge is 2.33. The summed E-state index contributed by atoms with van der Waals surface area (Å²) in [4.78, 5) is 26.9. The number of ether oxygens (including phenoxy) is 1. The topological polar surface area (TPSA) is 58.6 Å². The van der Waals surface area contributed by atoms with Gasteiger partial charge in [-0.1, -0.05) is 42.5 Å². The van der Waals surface area contributed by atoms with Gasteiger partial charge in [0.15, 0.2) is 0 Å². The molecule has 0 bridgehead atoms. The lowest BCUT2D eigenvalue weighted by molar-refractivity contribution is -0.143. The van der Waals surface area contributed by atoms with E-state index in [4.69, 9.17) is 4.74 Å². The maximum absolute atomic E-state index is 12.8. The lowest BCUT2D eigenvalue weighted by Gasteiger charge is -2.35. The van der Waals surface area contributed by atoms with E-state index in [0.29, 0.717) is 19.7 Å². The molecule has 25 heavy (non-hydrogen) atoms. The maximum Gasteiger partial charge on any atom is 0.247 e. The predicted octanol–water partition coefficient (Wildman–Crippen LogP) is 2.33. The average Bonchev–Trinajstić information content (AvgIpc) is 2.64. The maximum atomic E-state index is 12.8. The highest BCUT2D eigenvalue weighted by atomic mass is 16.5. The van der Waals surface area contributed by atoms with Crippen LogP contribution in [0.25, 0.3) is 0 Å². The molecule has 1 N–H and O–H groups in total. The fourth-order valence-electron chi connectivity index (χ4n) is 3.05. The smallest absolute Gasteiger partial charge is 0.247 e. The third-order valence-electron chi connectivity index (χ3n) is 4.24. The molecule has 0 aliphatic carbocycles. The molecule has 0 saturated carbocycles. The second kappa shape index (κ2) is 7.83. The van der Waals surface area contributed by atoms with Crippen LogP contribution in [0.5, 0.6) is 5.75 Å². The van der Waals surface area contributed by atoms with Crippen LogP contribution in [-0.2, 0) is 16.0 Å². The first-order chi connectivity index (χ1) is 12.2. The Hall–Kier alpha value is -2.82. The van der Waals surface area contributed by atoms with E-state index in [9.17, 15) is 9.59 Å². The molecule has 0 radical (unpaired) electrons. The van der Waals surface area contributed by atoms with Gasteiger partial charge in [0.25, 0.3) is 0 Å². The number of piperazine rings is 1. The van der Waals surface area contributed by atoms with E-state index >= 15 is 0 Å². The van der Waals surface area contributed by atoms with Crippen molar-refractivity contribution < 1.29 is 14.3 Å². The van der Waals surface area contributed by atoms with Crippen LogP contribution in [0.2, 0.25) is 0 Å². The predicted molar refractivity (Wildman–Crippen MR) is 95.2 cm³/mol. The Morgan fingerprint density at radius 3 is 2.56 bits per heavy atom. The Kier molecular flexibility index (Phi) is 5.33. The number of carbonyl (C=O) groups excluding carboxylic acids is 2. The molecule has 1 atom stereocenters. The van der Waals surface area contributed by atoms with Gasteiger partial charge >= 0.3 is 0 Å². The molecular weight excluding hydrogens is 316 g/mol. The van der Waals surface area contributed by atoms with E-state index in [1.54, 1.807) is 4.90 Å². The van der Waals surface area contributed by atoms with E-state index < -0.39 is 6.04 Å². The number of hydrogen-bond donors (Lipinski definition) is 1. The van der Waals surface area contributed by atoms with Gasteiger partial charge in [0.05, 0.1) is 13.0 Å². The summed E-state index contributed by atoms with van der Waals surface area (Å²) in [6, 6.07) is 16.4. The molecule has 5 heteroatoms. The summed E-state index contributed by atoms with van der Waals surface area (Å²) >= 11 is 0. The third kappa shape index (κ3) is 3.99. The van der Waals surface area contributed by atoms with Gasteiger partial charge in [-0.25, -0.2) is 0 Å². The number of nitrogens with one attached hydrogen (secondary N) is 1. The molecule has 1 saturated heterocycles. The van der Waals surface area contributed by atoms with Gasteiger partial charge in [-0.05, 0) is 30.2 Å². The molecular formula is C20H22N2O3. The molecule has 2 aromatic rings. The van der Waals surface area contributed by atoms with Gasteiger partial charge in [0.1, 0.15) is 11.8 Å². The van der Waals surface area contributed by atoms with Gasteiger partial charge in [0.2, 0.25) is 11.8 Å². The summed E-state index contributed by atoms with van der Waals surface area (Å²) in [6.07, 6.45) is 0.267. The van der Waals surface area contributed by atoms with Gasteiger partial charge < -0.3 is 15.0 Å². The molecule has 2 amide bonds. The fourth-order valence-corrected chi connectivity index (χ4v) is 3.05. The van der Waals surface area contributed by atoms with Crippen molar-refractivity contribution in [2.24, 2.45) is 0 Å². The molecule has 1 unspecified atom stereocenters. The molecule has 1 aliphatic heterocycles. The monoisotopic (exact) mass is 338 g/mol. The van der Waals surface area contributed by atoms with Crippen molar-refractivity contribution >= 4 is 11.8 Å². The first kappa shape index (κ1) is 17.0. The molecule has 0 spiro atoms. The van der Waals surface area contributed by atoms with E-state index in [0.717, 1.165) is 16.9 Å². The van der Waals surface area contributed by atoms with Gasteiger partial charge in [-0.15, -0.1) is 0 Å². The van der Waals surface area contributed by atoms with Gasteiger partial charge in [-0.2, -0.15) is 0 Å². The van der Waals surface area contributed by atoms with Crippen LogP contribution >= 0.6 is 0 Å². The molecule has 1 fully saturated rings. The molecule has 2 aromatic carbocycles. The van der Waals surface area contributed by atoms with E-state index in [1.807, 2.05) is 61.5 Å². The van der Waals surface area contributed by atoms with Crippen LogP contribution in [-0.4, -0.2) is 36.4 Å². The number of rotatable bonds is 5. The van der Waals surface area contributed by atoms with Crippen molar-refractivity contribution in [3.63, 3.8) is 0 Å². The van der Waals surface area contributed by atoms with Crippen LogP contribution in [0.1, 0.15) is 24.1 Å². The first-order valence-electron chi connectivity index (χ1n) is 8.53. The van der Waals surface area contributed by atoms with E-state index in [2.05, 4.69) is 5.32 Å². The summed E-state index contributed by atoms with van der Waals surface area (Å²) in [5.41, 5.74) is 1.74. The van der Waals surface area contributed by atoms with Crippen molar-refractivity contribution in [2.75, 3.05) is 19.7 Å². The number of benzene rings is 2. The molecule has 1 aliphatic rings. The molecule has 5 nitrogen and oxygen atoms in total. The largest absolute Gasteiger partial charge is 0.494 e. The zero-order valence-corrected chi connectivity index (χ0v) is 14.3. The first-order valence-corrected chi connectivity index (χ1v) is 8.53. The minimum Gasteiger partial charge on any atom is -0.494 e. The fraction of sp³-hybridized carbons (Fsp3) is 0.300. The van der Waals surface area contributed by atoms with Crippen molar-refractivity contribution in [3.05, 3.63) is 65.7 Å². The molecule has 0 aromatic heterocycles. The van der Waals surface area contributed by atoms with Crippen molar-refractivity contribution in [2.45, 2.75) is 19.4 Å². The average molecular weight is 338 g/mol. The second-order valence-corrected chi connectivity index (χ2v) is 5.95. The van der Waals surface area contributed by atoms with Crippen molar-refractivity contribution in [3.8, 4) is 5.75 Å². The Labute approximate surface area is 147 Å². The number of nitrogens with zero attached hydrogens (tertiary/aromatic N) is 1. The van der Waals surface area contributed by atoms with Crippen molar-refractivity contribution in [1.82, 2.24) is 10.2 Å². The van der Waals surface area contributed by atoms with Crippen LogP contribution in [0, 0.1) is 0 Å². The Bertz CT molecular complexity index is 728. The quantitative estimate of drug-likeness (QED) is 0.910. The SMILES string of the molecule is CCOc1ccc(CC(=O)N2CCNC(=O)C2c2ccccc2)cc1. The normalized spacial score (nSPS) is 17.1. The minimum atomic E-state index is -0.565. The van der Waals surface area contributed by atoms with Crippen molar-refractivity contribution in [1.29, 1.82) is 0 Å². The zero-order valence-electron chi connectivity index (χ0n) is 14.3. The number of amides is 2. The highest BCUT2D eigenvalue weighted by Crippen LogP contribution is 2.24. The second-order valence-electron chi connectivity index (χ2n) is 5.95. The summed E-state index contributed by atoms with van der Waals surface area (Å²) in [5.74, 6) is 0.614. The Morgan fingerprint density at radius 1 is 1.16 bits per heavy atom. The lowest BCUT2D eigenvalue weighted by Crippen LogP contribution is -2.52. The zero-order chi connectivity index (χ0) is 17.6. The Balaban J connectivity index is 1.75. The van der Waals surface area contributed by atoms with Crippen LogP contribution in [0.3, 0.4) is 0 Å². The number of carbonyl (C=O) groups is 2. The summed E-state index contributed by atoms with van der Waals surface area (Å²) in [5, 5.41) is 2.85. The standard InChI is InChI=1S/C20H22N2O3/c1-2-25-17-10-8-15(9-11-17)14-18(23)22-13-12-21-20(24)19(22)16-6-4-3-5-7-16/h3-11,19H,2,12-14H2,1H3,(H,21,24). The van der Waals surface area contributed by atoms with Gasteiger partial charge in [-0.3, -0.25) is 9.59 Å². The van der Waals surface area contributed by atoms with Crippen LogP contribution in [0.4, 0.5) is 0 Å². The van der Waals surface area contributed by atoms with E-state index in [1.165, 1.54) is 0 Å². The number of hydrogen-bond acceptors (Lipinski definition) is 3. The summed E-state index contributed by atoms with van der Waals surface area (Å²) in [7, 11) is 0. The molecule has 1 heterocycles. The molecule has 3 rings (SSSR count). The Morgan fingerprint density at radius 2 is 1.88 bits per heavy atom.